The molecule has 1 saturated carbocycles. The second-order valence-electron chi connectivity index (χ2n) is 8.48. The molecule has 1 aromatic carbocycles. The minimum atomic E-state index is -0.438. The molecule has 2 heterocycles. The zero-order valence-corrected chi connectivity index (χ0v) is 18.0. The SMILES string of the molecule is COCC(=O)N1CC2C[C@@H](NC(=O)NCCc3ccccc3)C[C@]2(c2nc(C)no2)C1. The summed E-state index contributed by atoms with van der Waals surface area (Å²) in [5, 5.41) is 10.0. The Balaban J connectivity index is 1.37. The minimum Gasteiger partial charge on any atom is -0.375 e. The summed E-state index contributed by atoms with van der Waals surface area (Å²) in [6.07, 6.45) is 2.19. The van der Waals surface area contributed by atoms with Crippen molar-refractivity contribution in [1.29, 1.82) is 0 Å². The summed E-state index contributed by atoms with van der Waals surface area (Å²) in [5.41, 5.74) is 0.747. The van der Waals surface area contributed by atoms with Crippen LogP contribution in [0.1, 0.15) is 30.1 Å². The van der Waals surface area contributed by atoms with Crippen LogP contribution in [0, 0.1) is 12.8 Å². The average molecular weight is 428 g/mol. The average Bonchev–Trinajstić information content (AvgIpc) is 3.41. The highest BCUT2D eigenvalue weighted by Crippen LogP contribution is 2.50. The van der Waals surface area contributed by atoms with Gasteiger partial charge in [-0.05, 0) is 37.7 Å². The molecule has 1 unspecified atom stereocenters. The second-order valence-corrected chi connectivity index (χ2v) is 8.48. The molecular weight excluding hydrogens is 398 g/mol. The largest absolute Gasteiger partial charge is 0.375 e. The van der Waals surface area contributed by atoms with Gasteiger partial charge in [0.05, 0.1) is 5.41 Å². The molecule has 166 valence electrons. The Bertz CT molecular complexity index is 918. The van der Waals surface area contributed by atoms with E-state index in [4.69, 9.17) is 9.26 Å². The van der Waals surface area contributed by atoms with Gasteiger partial charge in [0.2, 0.25) is 11.8 Å². The molecule has 2 aliphatic rings. The Kier molecular flexibility index (Phi) is 6.22. The Morgan fingerprint density at radius 3 is 2.84 bits per heavy atom. The predicted molar refractivity (Wildman–Crippen MR) is 112 cm³/mol. The molecule has 2 N–H and O–H groups in total. The molecule has 1 saturated heterocycles. The number of carbonyl (C=O) groups excluding carboxylic acids is 2. The van der Waals surface area contributed by atoms with Gasteiger partial charge in [0, 0.05) is 32.8 Å². The molecule has 3 amide bonds. The van der Waals surface area contributed by atoms with Crippen LogP contribution in [0.25, 0.3) is 0 Å². The summed E-state index contributed by atoms with van der Waals surface area (Å²) in [6, 6.07) is 9.86. The monoisotopic (exact) mass is 427 g/mol. The second kappa shape index (κ2) is 9.05. The van der Waals surface area contributed by atoms with E-state index in [2.05, 4.69) is 20.8 Å². The van der Waals surface area contributed by atoms with E-state index < -0.39 is 5.41 Å². The summed E-state index contributed by atoms with van der Waals surface area (Å²) in [5.74, 6) is 1.22. The number of amides is 3. The van der Waals surface area contributed by atoms with E-state index in [-0.39, 0.29) is 30.5 Å². The summed E-state index contributed by atoms with van der Waals surface area (Å²) in [6.45, 7) is 3.50. The van der Waals surface area contributed by atoms with Crippen LogP contribution in [0.3, 0.4) is 0 Å². The molecule has 0 radical (unpaired) electrons. The van der Waals surface area contributed by atoms with Crippen molar-refractivity contribution < 1.29 is 18.8 Å². The third kappa shape index (κ3) is 4.56. The van der Waals surface area contributed by atoms with Crippen LogP contribution in [0.15, 0.2) is 34.9 Å². The van der Waals surface area contributed by atoms with Crippen LogP contribution in [-0.4, -0.2) is 66.4 Å². The molecule has 4 rings (SSSR count). The number of carbonyl (C=O) groups is 2. The number of nitrogens with zero attached hydrogens (tertiary/aromatic N) is 3. The molecule has 1 aliphatic heterocycles. The summed E-state index contributed by atoms with van der Waals surface area (Å²) >= 11 is 0. The molecular formula is C22H29N5O4. The van der Waals surface area contributed by atoms with Gasteiger partial charge in [-0.1, -0.05) is 35.5 Å². The van der Waals surface area contributed by atoms with Gasteiger partial charge in [-0.3, -0.25) is 4.79 Å². The van der Waals surface area contributed by atoms with Crippen molar-refractivity contribution in [2.75, 3.05) is 33.4 Å². The van der Waals surface area contributed by atoms with E-state index >= 15 is 0 Å². The van der Waals surface area contributed by atoms with Gasteiger partial charge in [-0.15, -0.1) is 0 Å². The molecule has 0 spiro atoms. The molecule has 9 nitrogen and oxygen atoms in total. The van der Waals surface area contributed by atoms with Crippen LogP contribution in [0.2, 0.25) is 0 Å². The number of aromatic nitrogens is 2. The fourth-order valence-electron chi connectivity index (χ4n) is 4.92. The first-order chi connectivity index (χ1) is 15.0. The smallest absolute Gasteiger partial charge is 0.315 e. The summed E-state index contributed by atoms with van der Waals surface area (Å²) in [4.78, 5) is 31.2. The van der Waals surface area contributed by atoms with Crippen molar-refractivity contribution in [2.24, 2.45) is 5.92 Å². The molecule has 1 aromatic heterocycles. The van der Waals surface area contributed by atoms with Crippen molar-refractivity contribution in [3.8, 4) is 0 Å². The first kappa shape index (κ1) is 21.3. The number of ether oxygens (including phenoxy) is 1. The normalized spacial score (nSPS) is 24.8. The minimum absolute atomic E-state index is 0.0198. The standard InChI is InChI=1S/C22H29N5O4/c1-15-24-20(31-26-15)22-11-18(10-17(22)12-27(14-22)19(28)13-30-2)25-21(29)23-9-8-16-6-4-3-5-7-16/h3-7,17-18H,8-14H2,1-2H3,(H2,23,25,29)/t17?,18-,22+/m1/s1. The highest BCUT2D eigenvalue weighted by atomic mass is 16.5. The maximum Gasteiger partial charge on any atom is 0.315 e. The lowest BCUT2D eigenvalue weighted by atomic mass is 9.80. The number of likely N-dealkylation sites (tertiary alicyclic amines) is 1. The maximum absolute atomic E-state index is 12.5. The third-order valence-electron chi connectivity index (χ3n) is 6.33. The maximum atomic E-state index is 12.5. The molecule has 0 bridgehead atoms. The first-order valence-electron chi connectivity index (χ1n) is 10.7. The van der Waals surface area contributed by atoms with E-state index in [1.54, 1.807) is 6.92 Å². The number of hydrogen-bond acceptors (Lipinski definition) is 6. The van der Waals surface area contributed by atoms with Crippen molar-refractivity contribution in [3.63, 3.8) is 0 Å². The lowest BCUT2D eigenvalue weighted by Gasteiger charge is -2.25. The van der Waals surface area contributed by atoms with Gasteiger partial charge in [0.15, 0.2) is 5.82 Å². The number of hydrogen-bond donors (Lipinski definition) is 2. The zero-order chi connectivity index (χ0) is 21.8. The lowest BCUT2D eigenvalue weighted by molar-refractivity contribution is -0.134. The van der Waals surface area contributed by atoms with E-state index in [0.29, 0.717) is 37.8 Å². The van der Waals surface area contributed by atoms with E-state index in [1.165, 1.54) is 12.7 Å². The fourth-order valence-corrected chi connectivity index (χ4v) is 4.92. The Morgan fingerprint density at radius 2 is 2.13 bits per heavy atom. The number of methoxy groups -OCH3 is 1. The quantitative estimate of drug-likeness (QED) is 0.692. The number of nitrogens with one attached hydrogen (secondary N) is 2. The van der Waals surface area contributed by atoms with Crippen LogP contribution < -0.4 is 10.6 Å². The third-order valence-corrected chi connectivity index (χ3v) is 6.33. The summed E-state index contributed by atoms with van der Waals surface area (Å²) < 4.78 is 10.6. The number of aryl methyl sites for hydroxylation is 1. The topological polar surface area (TPSA) is 110 Å². The van der Waals surface area contributed by atoms with Gasteiger partial charge >= 0.3 is 6.03 Å². The Labute approximate surface area is 181 Å². The number of fused-ring (bicyclic) bond motifs is 1. The van der Waals surface area contributed by atoms with E-state index in [9.17, 15) is 9.59 Å². The zero-order valence-electron chi connectivity index (χ0n) is 18.0. The molecule has 3 atom stereocenters. The van der Waals surface area contributed by atoms with Gasteiger partial charge in [-0.25, -0.2) is 4.79 Å². The molecule has 2 aromatic rings. The van der Waals surface area contributed by atoms with Gasteiger partial charge < -0.3 is 24.8 Å². The lowest BCUT2D eigenvalue weighted by Crippen LogP contribution is -2.44. The number of urea groups is 1. The molecule has 31 heavy (non-hydrogen) atoms. The van der Waals surface area contributed by atoms with Crippen molar-refractivity contribution in [1.82, 2.24) is 25.7 Å². The molecule has 1 aliphatic carbocycles. The van der Waals surface area contributed by atoms with Crippen LogP contribution >= 0.6 is 0 Å². The van der Waals surface area contributed by atoms with Gasteiger partial charge in [0.25, 0.3) is 0 Å². The molecule has 2 fully saturated rings. The number of rotatable bonds is 7. The van der Waals surface area contributed by atoms with Crippen molar-refractivity contribution >= 4 is 11.9 Å². The fraction of sp³-hybridized carbons (Fsp3) is 0.545. The van der Waals surface area contributed by atoms with Crippen molar-refractivity contribution in [2.45, 2.75) is 37.6 Å². The van der Waals surface area contributed by atoms with Gasteiger partial charge in [0.1, 0.15) is 6.61 Å². The highest BCUT2D eigenvalue weighted by Gasteiger charge is 2.58. The van der Waals surface area contributed by atoms with Crippen LogP contribution in [0.4, 0.5) is 4.79 Å². The Morgan fingerprint density at radius 1 is 1.32 bits per heavy atom. The highest BCUT2D eigenvalue weighted by molar-refractivity contribution is 5.78. The predicted octanol–water partition coefficient (Wildman–Crippen LogP) is 1.42. The van der Waals surface area contributed by atoms with E-state index in [1.807, 2.05) is 35.2 Å². The van der Waals surface area contributed by atoms with E-state index in [0.717, 1.165) is 12.8 Å². The van der Waals surface area contributed by atoms with Crippen molar-refractivity contribution in [3.05, 3.63) is 47.6 Å². The summed E-state index contributed by atoms with van der Waals surface area (Å²) in [7, 11) is 1.52. The molecule has 9 heteroatoms. The van der Waals surface area contributed by atoms with Gasteiger partial charge in [-0.2, -0.15) is 4.98 Å². The van der Waals surface area contributed by atoms with Crippen LogP contribution in [0.5, 0.6) is 0 Å². The first-order valence-corrected chi connectivity index (χ1v) is 10.7. The van der Waals surface area contributed by atoms with Crippen LogP contribution in [-0.2, 0) is 21.4 Å². The Hall–Kier alpha value is -2.94. The number of benzene rings is 1.